The highest BCUT2D eigenvalue weighted by Crippen LogP contribution is 2.21. The zero-order valence-electron chi connectivity index (χ0n) is 14.4. The molecule has 0 aliphatic carbocycles. The molecule has 0 heterocycles. The van der Waals surface area contributed by atoms with Gasteiger partial charge in [-0.1, -0.05) is 6.07 Å². The number of sulfonamides is 1. The van der Waals surface area contributed by atoms with E-state index >= 15 is 0 Å². The van der Waals surface area contributed by atoms with Gasteiger partial charge in [-0.2, -0.15) is 13.2 Å². The number of rotatable bonds is 6. The summed E-state index contributed by atoms with van der Waals surface area (Å²) in [4.78, 5) is 13.0. The van der Waals surface area contributed by atoms with Gasteiger partial charge in [0.2, 0.25) is 10.0 Å². The van der Waals surface area contributed by atoms with E-state index in [0.717, 1.165) is 22.6 Å². The van der Waals surface area contributed by atoms with E-state index in [1.807, 2.05) is 18.4 Å². The summed E-state index contributed by atoms with van der Waals surface area (Å²) >= 11 is 1.49. The van der Waals surface area contributed by atoms with Crippen LogP contribution < -0.4 is 10.0 Å². The minimum absolute atomic E-state index is 0.323. The van der Waals surface area contributed by atoms with Crippen molar-refractivity contribution in [2.45, 2.75) is 22.9 Å². The van der Waals surface area contributed by atoms with Crippen LogP contribution in [-0.2, 0) is 10.0 Å². The number of aryl methyl sites for hydroxylation is 1. The summed E-state index contributed by atoms with van der Waals surface area (Å²) in [6.45, 7) is 0.139. The van der Waals surface area contributed by atoms with Crippen LogP contribution in [0.4, 0.5) is 18.9 Å². The zero-order chi connectivity index (χ0) is 20.2. The second-order valence-corrected chi connectivity index (χ2v) is 8.25. The predicted molar refractivity (Wildman–Crippen MR) is 98.6 cm³/mol. The van der Waals surface area contributed by atoms with Crippen LogP contribution in [0.15, 0.2) is 52.3 Å². The molecule has 2 N–H and O–H groups in total. The fraction of sp³-hybridized carbons (Fsp3) is 0.235. The van der Waals surface area contributed by atoms with Crippen LogP contribution in [0.5, 0.6) is 0 Å². The van der Waals surface area contributed by atoms with E-state index in [1.165, 1.54) is 28.6 Å². The second-order valence-electron chi connectivity index (χ2n) is 5.60. The molecule has 0 saturated heterocycles. The summed E-state index contributed by atoms with van der Waals surface area (Å²) in [7, 11) is -4.29. The number of thioether (sulfide) groups is 1. The highest BCUT2D eigenvalue weighted by molar-refractivity contribution is 7.98. The molecule has 0 spiro atoms. The first-order valence-electron chi connectivity index (χ1n) is 7.64. The highest BCUT2D eigenvalue weighted by Gasteiger charge is 2.30. The van der Waals surface area contributed by atoms with E-state index in [2.05, 4.69) is 5.32 Å². The third kappa shape index (κ3) is 5.98. The summed E-state index contributed by atoms with van der Waals surface area (Å²) in [6.07, 6.45) is -2.76. The third-order valence-electron chi connectivity index (χ3n) is 3.57. The van der Waals surface area contributed by atoms with Crippen molar-refractivity contribution < 1.29 is 26.4 Å². The third-order valence-corrected chi connectivity index (χ3v) is 5.72. The molecule has 0 radical (unpaired) electrons. The van der Waals surface area contributed by atoms with Crippen molar-refractivity contribution in [3.8, 4) is 0 Å². The normalized spacial score (nSPS) is 12.0. The molecule has 0 aliphatic heterocycles. The molecule has 0 bridgehead atoms. The maximum absolute atomic E-state index is 12.4. The van der Waals surface area contributed by atoms with Crippen LogP contribution in [0.25, 0.3) is 0 Å². The Kier molecular flexibility index (Phi) is 6.55. The van der Waals surface area contributed by atoms with Crippen LogP contribution in [-0.4, -0.2) is 33.3 Å². The van der Waals surface area contributed by atoms with Gasteiger partial charge in [0.05, 0.1) is 4.90 Å². The van der Waals surface area contributed by atoms with Crippen LogP contribution in [0, 0.1) is 6.92 Å². The molecule has 2 aromatic carbocycles. The maximum Gasteiger partial charge on any atom is 0.402 e. The Morgan fingerprint density at radius 1 is 1.11 bits per heavy atom. The Morgan fingerprint density at radius 2 is 1.74 bits per heavy atom. The lowest BCUT2D eigenvalue weighted by molar-refractivity contribution is -0.121. The number of halogens is 3. The first-order chi connectivity index (χ1) is 12.5. The Balaban J connectivity index is 2.13. The van der Waals surface area contributed by atoms with E-state index in [0.29, 0.717) is 11.3 Å². The van der Waals surface area contributed by atoms with Crippen molar-refractivity contribution in [2.75, 3.05) is 18.1 Å². The Hall–Kier alpha value is -2.04. The monoisotopic (exact) mass is 418 g/mol. The van der Waals surface area contributed by atoms with Crippen LogP contribution in [0.3, 0.4) is 0 Å². The summed E-state index contributed by atoms with van der Waals surface area (Å²) < 4.78 is 61.7. The fourth-order valence-corrected chi connectivity index (χ4v) is 3.60. The first-order valence-corrected chi connectivity index (χ1v) is 10.3. The summed E-state index contributed by atoms with van der Waals surface area (Å²) in [6, 6.07) is 10.3. The van der Waals surface area contributed by atoms with Crippen LogP contribution >= 0.6 is 11.8 Å². The van der Waals surface area contributed by atoms with Crippen molar-refractivity contribution in [1.29, 1.82) is 0 Å². The molecule has 0 saturated carbocycles. The van der Waals surface area contributed by atoms with Gasteiger partial charge in [0.25, 0.3) is 5.91 Å². The largest absolute Gasteiger partial charge is 0.402 e. The molecule has 27 heavy (non-hydrogen) atoms. The van der Waals surface area contributed by atoms with Gasteiger partial charge in [0, 0.05) is 16.1 Å². The van der Waals surface area contributed by atoms with Gasteiger partial charge >= 0.3 is 6.18 Å². The first kappa shape index (κ1) is 21.3. The minimum Gasteiger partial charge on any atom is -0.322 e. The standard InChI is InChI=1S/C17H17F3N2O3S2/c1-11-3-6-13(26-2)9-15(11)16(23)22-12-4-7-14(8-5-12)27(24,25)21-10-17(18,19)20/h3-9,21H,10H2,1-2H3,(H,22,23). The lowest BCUT2D eigenvalue weighted by Crippen LogP contribution is -2.33. The molecule has 0 atom stereocenters. The van der Waals surface area contributed by atoms with Crippen LogP contribution in [0.2, 0.25) is 0 Å². The summed E-state index contributed by atoms with van der Waals surface area (Å²) in [5.41, 5.74) is 1.58. The number of amides is 1. The second kappa shape index (κ2) is 8.32. The van der Waals surface area contributed by atoms with E-state index in [4.69, 9.17) is 0 Å². The number of carbonyl (C=O) groups excluding carboxylic acids is 1. The van der Waals surface area contributed by atoms with Gasteiger partial charge in [-0.15, -0.1) is 11.8 Å². The molecule has 1 amide bonds. The topological polar surface area (TPSA) is 75.3 Å². The molecule has 2 aromatic rings. The SMILES string of the molecule is CSc1ccc(C)c(C(=O)Nc2ccc(S(=O)(=O)NCC(F)(F)F)cc2)c1. The van der Waals surface area contributed by atoms with Crippen molar-refractivity contribution in [2.24, 2.45) is 0 Å². The predicted octanol–water partition coefficient (Wildman–Crippen LogP) is 3.81. The average Bonchev–Trinajstić information content (AvgIpc) is 2.60. The van der Waals surface area contributed by atoms with Gasteiger partial charge < -0.3 is 5.32 Å². The molecule has 0 aliphatic rings. The molecule has 10 heteroatoms. The molecule has 2 rings (SSSR count). The van der Waals surface area contributed by atoms with Gasteiger partial charge in [0.15, 0.2) is 0 Å². The van der Waals surface area contributed by atoms with E-state index in [9.17, 15) is 26.4 Å². The van der Waals surface area contributed by atoms with Crippen molar-refractivity contribution >= 4 is 33.4 Å². The van der Waals surface area contributed by atoms with Gasteiger partial charge in [-0.25, -0.2) is 13.1 Å². The Bertz CT molecular complexity index is 927. The molecule has 146 valence electrons. The van der Waals surface area contributed by atoms with E-state index in [1.54, 1.807) is 13.0 Å². The lowest BCUT2D eigenvalue weighted by atomic mass is 10.1. The highest BCUT2D eigenvalue weighted by atomic mass is 32.2. The maximum atomic E-state index is 12.4. The smallest absolute Gasteiger partial charge is 0.322 e. The van der Waals surface area contributed by atoms with Gasteiger partial charge in [-0.3, -0.25) is 4.79 Å². The van der Waals surface area contributed by atoms with E-state index in [-0.39, 0.29) is 10.8 Å². The number of hydrogen-bond acceptors (Lipinski definition) is 4. The minimum atomic E-state index is -4.65. The Labute approximate surface area is 159 Å². The number of alkyl halides is 3. The summed E-state index contributed by atoms with van der Waals surface area (Å²) in [5, 5.41) is 2.64. The number of hydrogen-bond donors (Lipinski definition) is 2. The molecule has 0 fully saturated rings. The summed E-state index contributed by atoms with van der Waals surface area (Å²) in [5.74, 6) is -0.366. The average molecular weight is 418 g/mol. The fourth-order valence-electron chi connectivity index (χ4n) is 2.15. The number of nitrogens with one attached hydrogen (secondary N) is 2. The van der Waals surface area contributed by atoms with E-state index < -0.39 is 22.7 Å². The molecule has 5 nitrogen and oxygen atoms in total. The quantitative estimate of drug-likeness (QED) is 0.700. The van der Waals surface area contributed by atoms with Crippen molar-refractivity contribution in [3.63, 3.8) is 0 Å². The lowest BCUT2D eigenvalue weighted by Gasteiger charge is -2.11. The van der Waals surface area contributed by atoms with Gasteiger partial charge in [0.1, 0.15) is 6.54 Å². The number of carbonyl (C=O) groups is 1. The van der Waals surface area contributed by atoms with Crippen molar-refractivity contribution in [3.05, 3.63) is 53.6 Å². The van der Waals surface area contributed by atoms with Gasteiger partial charge in [-0.05, 0) is 55.1 Å². The zero-order valence-corrected chi connectivity index (χ0v) is 16.1. The number of benzene rings is 2. The number of anilines is 1. The molecule has 0 aromatic heterocycles. The van der Waals surface area contributed by atoms with Crippen molar-refractivity contribution in [1.82, 2.24) is 4.72 Å². The molecular weight excluding hydrogens is 401 g/mol. The van der Waals surface area contributed by atoms with Crippen LogP contribution in [0.1, 0.15) is 15.9 Å². The Morgan fingerprint density at radius 3 is 2.30 bits per heavy atom. The molecule has 0 unspecified atom stereocenters. The molecular formula is C17H17F3N2O3S2.